The quantitative estimate of drug-likeness (QED) is 0.351. The third-order valence-electron chi connectivity index (χ3n) is 3.06. The normalized spacial score (nSPS) is 10.8. The standard InChI is InChI=1S/C15H9F5O/c1-6-3-4-8(7(2)5-6)15(21)9-10(16)12(18)14(20)13(19)11(9)17/h3-5H,1-2H3. The lowest BCUT2D eigenvalue weighted by molar-refractivity contribution is 0.102. The van der Waals surface area contributed by atoms with Crippen molar-refractivity contribution in [2.45, 2.75) is 13.8 Å². The van der Waals surface area contributed by atoms with Crippen LogP contribution in [0.3, 0.4) is 0 Å². The maximum Gasteiger partial charge on any atom is 0.200 e. The van der Waals surface area contributed by atoms with E-state index in [1.807, 2.05) is 0 Å². The van der Waals surface area contributed by atoms with E-state index in [1.54, 1.807) is 13.0 Å². The molecule has 2 aromatic rings. The molecule has 1 nitrogen and oxygen atoms in total. The number of ketones is 1. The van der Waals surface area contributed by atoms with Crippen molar-refractivity contribution in [1.29, 1.82) is 0 Å². The minimum Gasteiger partial charge on any atom is -0.288 e. The van der Waals surface area contributed by atoms with Crippen LogP contribution >= 0.6 is 0 Å². The van der Waals surface area contributed by atoms with E-state index in [9.17, 15) is 26.7 Å². The van der Waals surface area contributed by atoms with Crippen LogP contribution in [0.5, 0.6) is 0 Å². The van der Waals surface area contributed by atoms with Crippen LogP contribution in [0.2, 0.25) is 0 Å². The molecule has 0 spiro atoms. The first-order valence-electron chi connectivity index (χ1n) is 5.89. The molecule has 0 aliphatic carbocycles. The summed E-state index contributed by atoms with van der Waals surface area (Å²) in [6.45, 7) is 3.24. The molecule has 0 N–H and O–H groups in total. The monoisotopic (exact) mass is 300 g/mol. The SMILES string of the molecule is Cc1ccc(C(=O)c2c(F)c(F)c(F)c(F)c2F)c(C)c1. The summed E-state index contributed by atoms with van der Waals surface area (Å²) in [5.41, 5.74) is -0.396. The molecule has 0 fully saturated rings. The number of aryl methyl sites for hydroxylation is 2. The fourth-order valence-electron chi connectivity index (χ4n) is 2.01. The summed E-state index contributed by atoms with van der Waals surface area (Å²) in [5, 5.41) is 0. The van der Waals surface area contributed by atoms with E-state index in [0.29, 0.717) is 5.56 Å². The van der Waals surface area contributed by atoms with Gasteiger partial charge in [0.1, 0.15) is 5.56 Å². The van der Waals surface area contributed by atoms with Crippen LogP contribution in [0.1, 0.15) is 27.0 Å². The van der Waals surface area contributed by atoms with Gasteiger partial charge in [-0.1, -0.05) is 23.8 Å². The van der Waals surface area contributed by atoms with Gasteiger partial charge in [-0.25, -0.2) is 22.0 Å². The van der Waals surface area contributed by atoms with Gasteiger partial charge in [0.05, 0.1) is 0 Å². The number of carbonyl (C=O) groups excluding carboxylic acids is 1. The number of halogens is 5. The van der Waals surface area contributed by atoms with E-state index >= 15 is 0 Å². The Hall–Kier alpha value is -2.24. The highest BCUT2D eigenvalue weighted by Gasteiger charge is 2.30. The van der Waals surface area contributed by atoms with Crippen molar-refractivity contribution in [2.75, 3.05) is 0 Å². The van der Waals surface area contributed by atoms with Gasteiger partial charge in [-0.05, 0) is 19.4 Å². The molecule has 0 saturated carbocycles. The van der Waals surface area contributed by atoms with Crippen molar-refractivity contribution >= 4 is 5.78 Å². The molecule has 21 heavy (non-hydrogen) atoms. The average molecular weight is 300 g/mol. The van der Waals surface area contributed by atoms with Gasteiger partial charge >= 0.3 is 0 Å². The molecule has 0 bridgehead atoms. The van der Waals surface area contributed by atoms with E-state index in [0.717, 1.165) is 5.56 Å². The van der Waals surface area contributed by atoms with Crippen LogP contribution in [-0.4, -0.2) is 5.78 Å². The fourth-order valence-corrected chi connectivity index (χ4v) is 2.01. The van der Waals surface area contributed by atoms with Crippen LogP contribution in [0.15, 0.2) is 18.2 Å². The number of rotatable bonds is 2. The predicted molar refractivity (Wildman–Crippen MR) is 65.6 cm³/mol. The second kappa shape index (κ2) is 5.27. The molecule has 0 heterocycles. The zero-order valence-electron chi connectivity index (χ0n) is 11.0. The molecule has 110 valence electrons. The van der Waals surface area contributed by atoms with E-state index < -0.39 is 40.4 Å². The van der Waals surface area contributed by atoms with E-state index in [1.165, 1.54) is 19.1 Å². The number of carbonyl (C=O) groups is 1. The van der Waals surface area contributed by atoms with Crippen molar-refractivity contribution in [3.63, 3.8) is 0 Å². The molecule has 0 unspecified atom stereocenters. The van der Waals surface area contributed by atoms with Crippen molar-refractivity contribution in [3.05, 3.63) is 69.5 Å². The molecule has 0 amide bonds. The molecule has 2 aromatic carbocycles. The summed E-state index contributed by atoms with van der Waals surface area (Å²) in [4.78, 5) is 12.1. The Labute approximate surface area is 117 Å². The zero-order valence-corrected chi connectivity index (χ0v) is 11.0. The van der Waals surface area contributed by atoms with Gasteiger partial charge in [0.2, 0.25) is 5.82 Å². The Morgan fingerprint density at radius 2 is 1.29 bits per heavy atom. The highest BCUT2D eigenvalue weighted by Crippen LogP contribution is 2.26. The van der Waals surface area contributed by atoms with Gasteiger partial charge < -0.3 is 0 Å². The molecule has 0 saturated heterocycles. The second-order valence-electron chi connectivity index (χ2n) is 4.59. The Morgan fingerprint density at radius 1 is 0.810 bits per heavy atom. The van der Waals surface area contributed by atoms with Crippen LogP contribution in [0, 0.1) is 42.9 Å². The zero-order chi connectivity index (χ0) is 15.9. The molecule has 0 atom stereocenters. The maximum atomic E-state index is 13.6. The largest absolute Gasteiger partial charge is 0.288 e. The highest BCUT2D eigenvalue weighted by atomic mass is 19.2. The molecule has 6 heteroatoms. The smallest absolute Gasteiger partial charge is 0.200 e. The van der Waals surface area contributed by atoms with Gasteiger partial charge in [-0.2, -0.15) is 0 Å². The van der Waals surface area contributed by atoms with Gasteiger partial charge in [0.25, 0.3) is 0 Å². The van der Waals surface area contributed by atoms with E-state index in [-0.39, 0.29) is 5.56 Å². The highest BCUT2D eigenvalue weighted by molar-refractivity contribution is 6.10. The van der Waals surface area contributed by atoms with Crippen LogP contribution in [-0.2, 0) is 0 Å². The van der Waals surface area contributed by atoms with E-state index in [2.05, 4.69) is 0 Å². The van der Waals surface area contributed by atoms with Gasteiger partial charge in [0, 0.05) is 5.56 Å². The minimum absolute atomic E-state index is 0.121. The fraction of sp³-hybridized carbons (Fsp3) is 0.133. The molecule has 0 aliphatic heterocycles. The van der Waals surface area contributed by atoms with Crippen molar-refractivity contribution < 1.29 is 26.7 Å². The lowest BCUT2D eigenvalue weighted by Gasteiger charge is -2.09. The summed E-state index contributed by atoms with van der Waals surface area (Å²) < 4.78 is 66.4. The van der Waals surface area contributed by atoms with Crippen molar-refractivity contribution in [1.82, 2.24) is 0 Å². The Bertz CT molecular complexity index is 723. The number of hydrogen-bond acceptors (Lipinski definition) is 1. The van der Waals surface area contributed by atoms with Gasteiger partial charge in [-0.3, -0.25) is 4.79 Å². The Kier molecular flexibility index (Phi) is 3.80. The lowest BCUT2D eigenvalue weighted by atomic mass is 9.96. The molecule has 0 aliphatic rings. The van der Waals surface area contributed by atoms with Crippen molar-refractivity contribution in [2.24, 2.45) is 0 Å². The number of hydrogen-bond donors (Lipinski definition) is 0. The predicted octanol–water partition coefficient (Wildman–Crippen LogP) is 4.23. The summed E-state index contributed by atoms with van der Waals surface area (Å²) in [6, 6.07) is 4.36. The number of benzene rings is 2. The van der Waals surface area contributed by atoms with Crippen LogP contribution in [0.4, 0.5) is 22.0 Å². The van der Waals surface area contributed by atoms with E-state index in [4.69, 9.17) is 0 Å². The summed E-state index contributed by atoms with van der Waals surface area (Å²) in [5.74, 6) is -12.1. The lowest BCUT2D eigenvalue weighted by Crippen LogP contribution is -2.14. The first-order valence-corrected chi connectivity index (χ1v) is 5.89. The molecular formula is C15H9F5O. The maximum absolute atomic E-state index is 13.6. The van der Waals surface area contributed by atoms with Crippen LogP contribution < -0.4 is 0 Å². The summed E-state index contributed by atoms with van der Waals surface area (Å²) in [6.07, 6.45) is 0. The summed E-state index contributed by atoms with van der Waals surface area (Å²) >= 11 is 0. The first kappa shape index (κ1) is 15.2. The third-order valence-corrected chi connectivity index (χ3v) is 3.06. The topological polar surface area (TPSA) is 17.1 Å². The molecule has 0 aromatic heterocycles. The van der Waals surface area contributed by atoms with Gasteiger partial charge in [-0.15, -0.1) is 0 Å². The Balaban J connectivity index is 2.70. The third kappa shape index (κ3) is 2.41. The van der Waals surface area contributed by atoms with Crippen LogP contribution in [0.25, 0.3) is 0 Å². The first-order chi connectivity index (χ1) is 9.75. The molecular weight excluding hydrogens is 291 g/mol. The molecule has 0 radical (unpaired) electrons. The van der Waals surface area contributed by atoms with Crippen molar-refractivity contribution in [3.8, 4) is 0 Å². The Morgan fingerprint density at radius 3 is 1.76 bits per heavy atom. The summed E-state index contributed by atoms with van der Waals surface area (Å²) in [7, 11) is 0. The minimum atomic E-state index is -2.29. The molecule has 2 rings (SSSR count). The second-order valence-corrected chi connectivity index (χ2v) is 4.59. The average Bonchev–Trinajstić information content (AvgIpc) is 2.43. The van der Waals surface area contributed by atoms with Gasteiger partial charge in [0.15, 0.2) is 29.1 Å².